The summed E-state index contributed by atoms with van der Waals surface area (Å²) in [6.07, 6.45) is -0.230. The SMILES string of the molecule is COC(=O)CC(C(=O)OC)P(=O)(CN1CCOCC1)O[Si](C)(C)C. The van der Waals surface area contributed by atoms with Gasteiger partial charge >= 0.3 is 11.9 Å². The van der Waals surface area contributed by atoms with E-state index in [-0.39, 0.29) is 12.7 Å². The molecule has 8 nitrogen and oxygen atoms in total. The molecule has 140 valence electrons. The molecule has 0 aliphatic carbocycles. The van der Waals surface area contributed by atoms with Gasteiger partial charge in [0.15, 0.2) is 8.32 Å². The maximum Gasteiger partial charge on any atom is 0.319 e. The van der Waals surface area contributed by atoms with E-state index in [2.05, 4.69) is 4.74 Å². The van der Waals surface area contributed by atoms with Gasteiger partial charge in [0.2, 0.25) is 7.37 Å². The minimum Gasteiger partial charge on any atom is -0.469 e. The Morgan fingerprint density at radius 2 is 1.75 bits per heavy atom. The molecular formula is C14H28NO7PSi. The summed E-state index contributed by atoms with van der Waals surface area (Å²) in [4.78, 5) is 25.9. The van der Waals surface area contributed by atoms with Crippen molar-refractivity contribution in [2.75, 3.05) is 46.8 Å². The van der Waals surface area contributed by atoms with E-state index in [4.69, 9.17) is 13.7 Å². The normalized spacial score (nSPS) is 20.0. The Bertz CT molecular complexity index is 488. The molecule has 2 unspecified atom stereocenters. The van der Waals surface area contributed by atoms with Crippen molar-refractivity contribution in [3.8, 4) is 0 Å². The Labute approximate surface area is 144 Å². The molecule has 2 atom stereocenters. The van der Waals surface area contributed by atoms with E-state index in [9.17, 15) is 14.2 Å². The van der Waals surface area contributed by atoms with Gasteiger partial charge in [-0.05, 0) is 19.6 Å². The van der Waals surface area contributed by atoms with Gasteiger partial charge in [-0.3, -0.25) is 19.1 Å². The molecule has 0 aromatic rings. The molecule has 0 aromatic heterocycles. The highest BCUT2D eigenvalue weighted by molar-refractivity contribution is 7.62. The molecule has 0 amide bonds. The summed E-state index contributed by atoms with van der Waals surface area (Å²) >= 11 is 0. The van der Waals surface area contributed by atoms with E-state index in [1.807, 2.05) is 24.5 Å². The van der Waals surface area contributed by atoms with Gasteiger partial charge in [-0.25, -0.2) is 0 Å². The molecule has 0 radical (unpaired) electrons. The van der Waals surface area contributed by atoms with Gasteiger partial charge in [0, 0.05) is 13.1 Å². The number of esters is 2. The van der Waals surface area contributed by atoms with Gasteiger partial charge in [-0.2, -0.15) is 0 Å². The summed E-state index contributed by atoms with van der Waals surface area (Å²) in [6.45, 7) is 7.96. The lowest BCUT2D eigenvalue weighted by molar-refractivity contribution is -0.147. The Balaban J connectivity index is 3.11. The zero-order chi connectivity index (χ0) is 18.4. The molecule has 0 saturated carbocycles. The van der Waals surface area contributed by atoms with Crippen LogP contribution in [0.2, 0.25) is 19.6 Å². The van der Waals surface area contributed by atoms with Crippen molar-refractivity contribution in [2.45, 2.75) is 31.7 Å². The molecule has 0 N–H and O–H groups in total. The van der Waals surface area contributed by atoms with Crippen LogP contribution in [0.1, 0.15) is 6.42 Å². The number of rotatable bonds is 8. The Morgan fingerprint density at radius 1 is 1.17 bits per heavy atom. The predicted molar refractivity (Wildman–Crippen MR) is 91.7 cm³/mol. The second-order valence-corrected chi connectivity index (χ2v) is 13.9. The van der Waals surface area contributed by atoms with Crippen LogP contribution in [0.4, 0.5) is 0 Å². The summed E-state index contributed by atoms with van der Waals surface area (Å²) in [5.41, 5.74) is -1.16. The van der Waals surface area contributed by atoms with Crippen LogP contribution in [0, 0.1) is 0 Å². The van der Waals surface area contributed by atoms with Crippen molar-refractivity contribution >= 4 is 27.6 Å². The van der Waals surface area contributed by atoms with E-state index >= 15 is 0 Å². The van der Waals surface area contributed by atoms with Crippen LogP contribution in [0.3, 0.4) is 0 Å². The average molecular weight is 381 g/mol. The third-order valence-corrected chi connectivity index (χ3v) is 9.03. The molecule has 1 aliphatic heterocycles. The molecule has 1 saturated heterocycles. The number of nitrogens with zero attached hydrogens (tertiary/aromatic N) is 1. The molecule has 0 aromatic carbocycles. The maximum atomic E-state index is 13.7. The highest BCUT2D eigenvalue weighted by Crippen LogP contribution is 2.56. The van der Waals surface area contributed by atoms with E-state index < -0.39 is 33.3 Å². The lowest BCUT2D eigenvalue weighted by Crippen LogP contribution is -2.41. The fourth-order valence-corrected chi connectivity index (χ4v) is 8.78. The van der Waals surface area contributed by atoms with Crippen molar-refractivity contribution in [2.24, 2.45) is 0 Å². The minimum atomic E-state index is -3.50. The number of morpholine rings is 1. The monoisotopic (exact) mass is 381 g/mol. The second kappa shape index (κ2) is 9.10. The molecule has 1 heterocycles. The zero-order valence-electron chi connectivity index (χ0n) is 15.1. The number of carbonyl (C=O) groups is 2. The van der Waals surface area contributed by atoms with Crippen molar-refractivity contribution in [3.05, 3.63) is 0 Å². The van der Waals surface area contributed by atoms with E-state index in [1.165, 1.54) is 14.2 Å². The number of methoxy groups -OCH3 is 2. The first-order chi connectivity index (χ1) is 11.1. The van der Waals surface area contributed by atoms with Gasteiger partial charge in [0.1, 0.15) is 5.66 Å². The van der Waals surface area contributed by atoms with Gasteiger partial charge in [-0.15, -0.1) is 0 Å². The average Bonchev–Trinajstić information content (AvgIpc) is 2.50. The number of hydrogen-bond donors (Lipinski definition) is 0. The Hall–Kier alpha value is -0.733. The third-order valence-electron chi connectivity index (χ3n) is 3.47. The largest absolute Gasteiger partial charge is 0.469 e. The van der Waals surface area contributed by atoms with Crippen molar-refractivity contribution in [1.82, 2.24) is 4.90 Å². The van der Waals surface area contributed by atoms with Crippen LogP contribution in [-0.4, -0.2) is 77.6 Å². The van der Waals surface area contributed by atoms with Crippen LogP contribution in [0.25, 0.3) is 0 Å². The quantitative estimate of drug-likeness (QED) is 0.355. The van der Waals surface area contributed by atoms with Gasteiger partial charge in [-0.1, -0.05) is 0 Å². The number of ether oxygens (including phenoxy) is 3. The van der Waals surface area contributed by atoms with E-state index in [0.717, 1.165) is 0 Å². The molecular weight excluding hydrogens is 353 g/mol. The highest BCUT2D eigenvalue weighted by Gasteiger charge is 2.46. The topological polar surface area (TPSA) is 91.4 Å². The van der Waals surface area contributed by atoms with Crippen molar-refractivity contribution in [1.29, 1.82) is 0 Å². The Kier molecular flexibility index (Phi) is 8.08. The first-order valence-corrected chi connectivity index (χ1v) is 13.1. The molecule has 1 fully saturated rings. The third kappa shape index (κ3) is 6.64. The molecule has 24 heavy (non-hydrogen) atoms. The molecule has 0 bridgehead atoms. The molecule has 1 rings (SSSR count). The molecule has 1 aliphatic rings. The summed E-state index contributed by atoms with van der Waals surface area (Å²) < 4.78 is 34.4. The lowest BCUT2D eigenvalue weighted by atomic mass is 10.3. The maximum absolute atomic E-state index is 13.7. The van der Waals surface area contributed by atoms with E-state index in [0.29, 0.717) is 26.3 Å². The van der Waals surface area contributed by atoms with Crippen molar-refractivity contribution < 1.29 is 32.6 Å². The lowest BCUT2D eigenvalue weighted by Gasteiger charge is -2.36. The number of carbonyl (C=O) groups excluding carboxylic acids is 2. The van der Waals surface area contributed by atoms with Crippen molar-refractivity contribution in [3.63, 3.8) is 0 Å². The smallest absolute Gasteiger partial charge is 0.319 e. The second-order valence-electron chi connectivity index (χ2n) is 6.62. The first-order valence-electron chi connectivity index (χ1n) is 7.85. The summed E-state index contributed by atoms with van der Waals surface area (Å²) in [5.74, 6) is -1.33. The summed E-state index contributed by atoms with van der Waals surface area (Å²) in [7, 11) is -3.31. The first kappa shape index (κ1) is 21.3. The zero-order valence-corrected chi connectivity index (χ0v) is 17.0. The summed E-state index contributed by atoms with van der Waals surface area (Å²) in [5, 5.41) is 0. The van der Waals surface area contributed by atoms with Gasteiger partial charge in [0.05, 0.1) is 40.1 Å². The molecule has 0 spiro atoms. The fraction of sp³-hybridized carbons (Fsp3) is 0.857. The van der Waals surface area contributed by atoms with Crippen LogP contribution >= 0.6 is 7.37 Å². The van der Waals surface area contributed by atoms with E-state index in [1.54, 1.807) is 0 Å². The van der Waals surface area contributed by atoms with Gasteiger partial charge in [0.25, 0.3) is 0 Å². The van der Waals surface area contributed by atoms with Crippen LogP contribution in [0.15, 0.2) is 0 Å². The van der Waals surface area contributed by atoms with Crippen LogP contribution in [0.5, 0.6) is 0 Å². The minimum absolute atomic E-state index is 0.0946. The Morgan fingerprint density at radius 3 is 2.21 bits per heavy atom. The molecule has 10 heteroatoms. The summed E-state index contributed by atoms with van der Waals surface area (Å²) in [6, 6.07) is 0. The predicted octanol–water partition coefficient (Wildman–Crippen LogP) is 1.51. The van der Waals surface area contributed by atoms with Gasteiger partial charge < -0.3 is 18.4 Å². The fourth-order valence-electron chi connectivity index (χ4n) is 2.44. The van der Waals surface area contributed by atoms with Crippen LogP contribution < -0.4 is 0 Å². The standard InChI is InChI=1S/C14H28NO7PSi/c1-19-13(16)10-12(14(17)20-2)23(18,22-24(3,4)5)11-15-6-8-21-9-7-15/h12H,6-11H2,1-5H3. The highest BCUT2D eigenvalue weighted by atomic mass is 31.2. The number of hydrogen-bond acceptors (Lipinski definition) is 8. The van der Waals surface area contributed by atoms with Crippen LogP contribution in [-0.2, 0) is 32.6 Å².